The van der Waals surface area contributed by atoms with Gasteiger partial charge in [-0.1, -0.05) is 35.9 Å². The van der Waals surface area contributed by atoms with Crippen LogP contribution in [0.4, 0.5) is 4.39 Å². The van der Waals surface area contributed by atoms with Gasteiger partial charge in [-0.15, -0.1) is 11.3 Å². The number of hydrogen-bond acceptors (Lipinski definition) is 4. The molecule has 0 radical (unpaired) electrons. The Kier molecular flexibility index (Phi) is 4.69. The van der Waals surface area contributed by atoms with Crippen LogP contribution < -0.4 is 4.74 Å². The molecule has 0 aliphatic carbocycles. The third-order valence-corrected chi connectivity index (χ3v) is 4.26. The van der Waals surface area contributed by atoms with E-state index in [0.29, 0.717) is 27.0 Å². The van der Waals surface area contributed by atoms with Gasteiger partial charge in [-0.3, -0.25) is 4.79 Å². The van der Waals surface area contributed by atoms with Crippen molar-refractivity contribution in [2.45, 2.75) is 6.42 Å². The average Bonchev–Trinajstić information content (AvgIpc) is 2.98. The molecule has 0 aliphatic heterocycles. The molecule has 0 aliphatic rings. The predicted molar refractivity (Wildman–Crippen MR) is 88.3 cm³/mol. The van der Waals surface area contributed by atoms with Gasteiger partial charge in [-0.05, 0) is 24.3 Å². The first-order valence-electron chi connectivity index (χ1n) is 6.77. The number of para-hydroxylation sites is 1. The van der Waals surface area contributed by atoms with Gasteiger partial charge in [0.25, 0.3) is 0 Å². The number of aromatic nitrogens is 1. The maximum atomic E-state index is 13.2. The van der Waals surface area contributed by atoms with Crippen molar-refractivity contribution in [3.63, 3.8) is 0 Å². The summed E-state index contributed by atoms with van der Waals surface area (Å²) < 4.78 is 18.5. The molecule has 0 bridgehead atoms. The summed E-state index contributed by atoms with van der Waals surface area (Å²) in [6.45, 7) is 0. The van der Waals surface area contributed by atoms with Crippen molar-refractivity contribution >= 4 is 28.9 Å². The topological polar surface area (TPSA) is 39.2 Å². The molecule has 0 saturated heterocycles. The van der Waals surface area contributed by atoms with E-state index in [9.17, 15) is 9.18 Å². The number of carbonyl (C=O) groups is 1. The molecule has 6 heteroatoms. The summed E-state index contributed by atoms with van der Waals surface area (Å²) in [6.07, 6.45) is 0.0248. The van der Waals surface area contributed by atoms with Crippen LogP contribution in [-0.4, -0.2) is 11.0 Å². The van der Waals surface area contributed by atoms with E-state index in [0.717, 1.165) is 0 Å². The van der Waals surface area contributed by atoms with E-state index < -0.39 is 5.97 Å². The molecule has 0 atom stereocenters. The van der Waals surface area contributed by atoms with Crippen LogP contribution >= 0.6 is 22.9 Å². The molecule has 23 heavy (non-hydrogen) atoms. The number of esters is 1. The second-order valence-electron chi connectivity index (χ2n) is 4.74. The fourth-order valence-electron chi connectivity index (χ4n) is 1.98. The van der Waals surface area contributed by atoms with Crippen LogP contribution in [0.5, 0.6) is 5.75 Å². The van der Waals surface area contributed by atoms with Crippen molar-refractivity contribution in [1.29, 1.82) is 0 Å². The second kappa shape index (κ2) is 6.89. The second-order valence-corrected chi connectivity index (χ2v) is 6.00. The summed E-state index contributed by atoms with van der Waals surface area (Å²) in [5.41, 5.74) is 1.26. The highest BCUT2D eigenvalue weighted by Crippen LogP contribution is 2.26. The predicted octanol–water partition coefficient (Wildman–Crippen LogP) is 4.75. The molecule has 1 aromatic heterocycles. The standard InChI is InChI=1S/C17H11ClFNO2S/c18-14-6-1-2-7-15(14)22-16(21)9-13-10-23-17(20-13)11-4-3-5-12(19)8-11/h1-8,10H,9H2. The molecule has 0 amide bonds. The van der Waals surface area contributed by atoms with Gasteiger partial charge < -0.3 is 4.74 Å². The molecular weight excluding hydrogens is 337 g/mol. The number of halogens is 2. The first-order chi connectivity index (χ1) is 11.1. The molecule has 116 valence electrons. The highest BCUT2D eigenvalue weighted by atomic mass is 35.5. The summed E-state index contributed by atoms with van der Waals surface area (Å²) in [4.78, 5) is 16.3. The summed E-state index contributed by atoms with van der Waals surface area (Å²) in [7, 11) is 0. The lowest BCUT2D eigenvalue weighted by molar-refractivity contribution is -0.133. The summed E-state index contributed by atoms with van der Waals surface area (Å²) in [5, 5.41) is 2.79. The molecule has 0 spiro atoms. The average molecular weight is 348 g/mol. The molecule has 0 unspecified atom stereocenters. The zero-order valence-electron chi connectivity index (χ0n) is 11.8. The molecule has 3 rings (SSSR count). The van der Waals surface area contributed by atoms with E-state index in [4.69, 9.17) is 16.3 Å². The summed E-state index contributed by atoms with van der Waals surface area (Å²) in [5.74, 6) is -0.452. The van der Waals surface area contributed by atoms with Crippen molar-refractivity contribution in [3.05, 3.63) is 70.4 Å². The molecule has 0 fully saturated rings. The monoisotopic (exact) mass is 347 g/mol. The first-order valence-corrected chi connectivity index (χ1v) is 8.03. The summed E-state index contributed by atoms with van der Waals surface area (Å²) >= 11 is 7.30. The smallest absolute Gasteiger partial charge is 0.317 e. The number of thiazole rings is 1. The Balaban J connectivity index is 1.69. The number of carbonyl (C=O) groups excluding carboxylic acids is 1. The largest absolute Gasteiger partial charge is 0.425 e. The Morgan fingerprint density at radius 1 is 1.22 bits per heavy atom. The summed E-state index contributed by atoms with van der Waals surface area (Å²) in [6, 6.07) is 12.9. The van der Waals surface area contributed by atoms with Crippen molar-refractivity contribution in [2.75, 3.05) is 0 Å². The van der Waals surface area contributed by atoms with Crippen LogP contribution in [0.1, 0.15) is 5.69 Å². The maximum absolute atomic E-state index is 13.2. The lowest BCUT2D eigenvalue weighted by Gasteiger charge is -2.04. The van der Waals surface area contributed by atoms with E-state index in [1.807, 2.05) is 0 Å². The van der Waals surface area contributed by atoms with Crippen molar-refractivity contribution in [1.82, 2.24) is 4.98 Å². The number of ether oxygens (including phenoxy) is 1. The van der Waals surface area contributed by atoms with Crippen molar-refractivity contribution in [2.24, 2.45) is 0 Å². The zero-order valence-corrected chi connectivity index (χ0v) is 13.4. The van der Waals surface area contributed by atoms with E-state index in [-0.39, 0.29) is 12.2 Å². The van der Waals surface area contributed by atoms with Crippen LogP contribution in [0.25, 0.3) is 10.6 Å². The lowest BCUT2D eigenvalue weighted by Crippen LogP contribution is -2.11. The number of benzene rings is 2. The molecule has 0 saturated carbocycles. The third-order valence-electron chi connectivity index (χ3n) is 3.01. The Morgan fingerprint density at radius 3 is 2.83 bits per heavy atom. The first kappa shape index (κ1) is 15.6. The maximum Gasteiger partial charge on any atom is 0.317 e. The van der Waals surface area contributed by atoms with E-state index in [1.165, 1.54) is 23.5 Å². The lowest BCUT2D eigenvalue weighted by atomic mass is 10.2. The van der Waals surface area contributed by atoms with Gasteiger partial charge in [0.15, 0.2) is 0 Å². The van der Waals surface area contributed by atoms with Crippen molar-refractivity contribution < 1.29 is 13.9 Å². The van der Waals surface area contributed by atoms with Crippen molar-refractivity contribution in [3.8, 4) is 16.3 Å². The highest BCUT2D eigenvalue weighted by molar-refractivity contribution is 7.13. The number of rotatable bonds is 4. The Hall–Kier alpha value is -2.24. The zero-order chi connectivity index (χ0) is 16.2. The minimum absolute atomic E-state index is 0.0248. The van der Waals surface area contributed by atoms with Gasteiger partial charge in [0.1, 0.15) is 16.6 Å². The normalized spacial score (nSPS) is 10.5. The molecule has 3 aromatic rings. The molecule has 2 aromatic carbocycles. The van der Waals surface area contributed by atoms with Gasteiger partial charge in [0.2, 0.25) is 0 Å². The van der Waals surface area contributed by atoms with Crippen LogP contribution in [0.3, 0.4) is 0 Å². The highest BCUT2D eigenvalue weighted by Gasteiger charge is 2.12. The number of hydrogen-bond donors (Lipinski definition) is 0. The van der Waals surface area contributed by atoms with Crippen LogP contribution in [0.15, 0.2) is 53.9 Å². The molecule has 1 heterocycles. The molecular formula is C17H11ClFNO2S. The SMILES string of the molecule is O=C(Cc1csc(-c2cccc(F)c2)n1)Oc1ccccc1Cl. The Morgan fingerprint density at radius 2 is 2.04 bits per heavy atom. The van der Waals surface area contributed by atoms with E-state index in [1.54, 1.807) is 41.8 Å². The quantitative estimate of drug-likeness (QED) is 0.505. The van der Waals surface area contributed by atoms with Gasteiger partial charge in [0, 0.05) is 10.9 Å². The van der Waals surface area contributed by atoms with E-state index in [2.05, 4.69) is 4.98 Å². The van der Waals surface area contributed by atoms with Gasteiger partial charge >= 0.3 is 5.97 Å². The third kappa shape index (κ3) is 3.94. The fraction of sp³-hybridized carbons (Fsp3) is 0.0588. The van der Waals surface area contributed by atoms with E-state index >= 15 is 0 Å². The van der Waals surface area contributed by atoms with Gasteiger partial charge in [0.05, 0.1) is 17.1 Å². The fourth-order valence-corrected chi connectivity index (χ4v) is 2.97. The minimum atomic E-state index is -0.450. The number of nitrogens with zero attached hydrogens (tertiary/aromatic N) is 1. The molecule has 3 nitrogen and oxygen atoms in total. The van der Waals surface area contributed by atoms with Crippen LogP contribution in [0, 0.1) is 5.82 Å². The Bertz CT molecular complexity index is 850. The van der Waals surface area contributed by atoms with Crippen LogP contribution in [0.2, 0.25) is 5.02 Å². The molecule has 0 N–H and O–H groups in total. The van der Waals surface area contributed by atoms with Gasteiger partial charge in [-0.2, -0.15) is 0 Å². The minimum Gasteiger partial charge on any atom is -0.425 e. The Labute approximate surface area is 141 Å². The van der Waals surface area contributed by atoms with Crippen LogP contribution in [-0.2, 0) is 11.2 Å². The van der Waals surface area contributed by atoms with Gasteiger partial charge in [-0.25, -0.2) is 9.37 Å².